The van der Waals surface area contributed by atoms with Crippen molar-refractivity contribution >= 4 is 13.6 Å². The summed E-state index contributed by atoms with van der Waals surface area (Å²) in [7, 11) is 0. The van der Waals surface area contributed by atoms with Crippen LogP contribution in [-0.2, 0) is 22.9 Å². The summed E-state index contributed by atoms with van der Waals surface area (Å²) in [6.45, 7) is 7.62. The molecule has 0 bridgehead atoms. The molecule has 0 saturated heterocycles. The van der Waals surface area contributed by atoms with Gasteiger partial charge in [-0.05, 0) is 13.1 Å². The van der Waals surface area contributed by atoms with Crippen molar-refractivity contribution in [1.82, 2.24) is 4.90 Å². The molecule has 0 radical (unpaired) electrons. The van der Waals surface area contributed by atoms with Gasteiger partial charge in [0.25, 0.3) is 0 Å². The van der Waals surface area contributed by atoms with Crippen molar-refractivity contribution in [1.29, 1.82) is 0 Å². The Kier molecular flexibility index (Phi) is 10.0. The molecule has 0 N–H and O–H groups in total. The van der Waals surface area contributed by atoms with Gasteiger partial charge in [0.05, 0.1) is 0 Å². The van der Waals surface area contributed by atoms with Crippen molar-refractivity contribution in [3.05, 3.63) is 35.9 Å². The van der Waals surface area contributed by atoms with E-state index in [9.17, 15) is 0 Å². The fourth-order valence-corrected chi connectivity index (χ4v) is 1.22. The van der Waals surface area contributed by atoms with Gasteiger partial charge in [-0.2, -0.15) is 30.3 Å². The van der Waals surface area contributed by atoms with Crippen LogP contribution in [0.2, 0.25) is 0 Å². The van der Waals surface area contributed by atoms with Crippen LogP contribution in [-0.4, -0.2) is 18.0 Å². The molecule has 0 aromatic heterocycles. The molecule has 0 aliphatic carbocycles. The van der Waals surface area contributed by atoms with E-state index < -0.39 is 0 Å². The fourth-order valence-electron chi connectivity index (χ4n) is 1.22. The van der Waals surface area contributed by atoms with Gasteiger partial charge in [-0.25, -0.2) is 0 Å². The van der Waals surface area contributed by atoms with Crippen LogP contribution in [0.4, 0.5) is 0 Å². The van der Waals surface area contributed by atoms with E-state index in [1.165, 1.54) is 21.9 Å². The van der Waals surface area contributed by atoms with Crippen molar-refractivity contribution in [3.63, 3.8) is 0 Å². The predicted molar refractivity (Wildman–Crippen MR) is 60.8 cm³/mol. The third-order valence-electron chi connectivity index (χ3n) is 2.06. The molecule has 14 heavy (non-hydrogen) atoms. The van der Waals surface area contributed by atoms with E-state index in [0.29, 0.717) is 0 Å². The van der Waals surface area contributed by atoms with Crippen molar-refractivity contribution in [3.8, 4) is 0 Å². The normalized spacial score (nSPS) is 9.57. The van der Waals surface area contributed by atoms with Crippen molar-refractivity contribution in [2.45, 2.75) is 20.4 Å². The van der Waals surface area contributed by atoms with E-state index in [4.69, 9.17) is 0 Å². The molecule has 0 saturated carbocycles. The number of benzene rings is 1. The summed E-state index contributed by atoms with van der Waals surface area (Å²) in [5.41, 5.74) is 1.28. The topological polar surface area (TPSA) is 3.24 Å². The number of halogens is 1. The Morgan fingerprint density at radius 1 is 1.29 bits per heavy atom. The van der Waals surface area contributed by atoms with E-state index in [1.807, 2.05) is 12.1 Å². The van der Waals surface area contributed by atoms with E-state index in [1.54, 1.807) is 0 Å². The molecule has 0 aliphatic heterocycles. The summed E-state index contributed by atoms with van der Waals surface area (Å²) in [6.07, 6.45) is 0. The zero-order valence-electron chi connectivity index (χ0n) is 8.96. The molecular weight excluding hydrogens is 291 g/mol. The van der Waals surface area contributed by atoms with Crippen LogP contribution in [0.25, 0.3) is 0 Å². The average Bonchev–Trinajstić information content (AvgIpc) is 2.30. The molecular formula is C11H16BrNZn. The van der Waals surface area contributed by atoms with E-state index >= 15 is 0 Å². The second-order valence-electron chi connectivity index (χ2n) is 2.85. The van der Waals surface area contributed by atoms with Crippen LogP contribution in [0.1, 0.15) is 19.4 Å². The first-order valence-electron chi connectivity index (χ1n) is 4.81. The van der Waals surface area contributed by atoms with Crippen LogP contribution in [0.5, 0.6) is 0 Å². The Labute approximate surface area is 104 Å². The Balaban J connectivity index is 0.000000791. The molecule has 0 heterocycles. The molecule has 1 aromatic carbocycles. The zero-order valence-corrected chi connectivity index (χ0v) is 13.5. The number of hydrogen-bond acceptors (Lipinski definition) is 1. The van der Waals surface area contributed by atoms with Crippen LogP contribution in [0.3, 0.4) is 0 Å². The van der Waals surface area contributed by atoms with Gasteiger partial charge in [0.15, 0.2) is 0 Å². The molecule has 0 atom stereocenters. The Hall–Kier alpha value is 0.283. The van der Waals surface area contributed by atoms with Crippen molar-refractivity contribution in [2.75, 3.05) is 13.1 Å². The van der Waals surface area contributed by atoms with Crippen LogP contribution >= 0.6 is 13.6 Å². The van der Waals surface area contributed by atoms with Gasteiger partial charge < -0.3 is 4.90 Å². The summed E-state index contributed by atoms with van der Waals surface area (Å²) in [6, 6.07) is 11.4. The van der Waals surface area contributed by atoms with Gasteiger partial charge >= 0.3 is 30.0 Å². The van der Waals surface area contributed by atoms with Gasteiger partial charge in [-0.15, -0.1) is 5.56 Å². The fraction of sp³-hybridized carbons (Fsp3) is 0.455. The van der Waals surface area contributed by atoms with Gasteiger partial charge in [0.2, 0.25) is 0 Å². The van der Waals surface area contributed by atoms with Crippen molar-refractivity contribution in [2.24, 2.45) is 0 Å². The van der Waals surface area contributed by atoms with Crippen LogP contribution in [0, 0.1) is 6.07 Å². The average molecular weight is 308 g/mol. The number of rotatable bonds is 4. The maximum atomic E-state index is 3.23. The molecule has 3 heteroatoms. The van der Waals surface area contributed by atoms with Gasteiger partial charge in [-0.3, -0.25) is 0 Å². The van der Waals surface area contributed by atoms with Crippen LogP contribution in [0.15, 0.2) is 24.3 Å². The first kappa shape index (κ1) is 14.3. The van der Waals surface area contributed by atoms with E-state index in [0.717, 1.165) is 19.6 Å². The third kappa shape index (κ3) is 5.90. The molecule has 1 nitrogen and oxygen atoms in total. The molecule has 74 valence electrons. The summed E-state index contributed by atoms with van der Waals surface area (Å²) >= 11 is 4.25. The van der Waals surface area contributed by atoms with Gasteiger partial charge in [-0.1, -0.05) is 13.8 Å². The second-order valence-corrected chi connectivity index (χ2v) is 2.85. The Bertz CT molecular complexity index is 212. The Morgan fingerprint density at radius 2 is 1.93 bits per heavy atom. The number of hydrogen-bond donors (Lipinski definition) is 0. The molecule has 0 aliphatic rings. The predicted octanol–water partition coefficient (Wildman–Crippen LogP) is 3.17. The zero-order chi connectivity index (χ0) is 10.8. The standard InChI is InChI=1S/C11H16N.BrH.Zn/c1-3-12(4-2)10-11-8-6-5-7-9-11;;/h5-8H,3-4,10H2,1-2H3;1H;/q-1;;+2/p-1. The molecule has 0 amide bonds. The first-order valence-corrected chi connectivity index (χ1v) is 11.8. The Morgan fingerprint density at radius 3 is 2.36 bits per heavy atom. The SMILES string of the molecule is CCN(CC)Cc1[c-]cccc1.[Zn+][Br]. The second kappa shape index (κ2) is 9.82. The van der Waals surface area contributed by atoms with Crippen LogP contribution < -0.4 is 0 Å². The summed E-state index contributed by atoms with van der Waals surface area (Å²) in [4.78, 5) is 2.38. The minimum atomic E-state index is 1.02. The summed E-state index contributed by atoms with van der Waals surface area (Å²) in [5.74, 6) is 0. The third-order valence-corrected chi connectivity index (χ3v) is 2.06. The summed E-state index contributed by atoms with van der Waals surface area (Å²) in [5, 5.41) is 0. The number of nitrogens with zero attached hydrogens (tertiary/aromatic N) is 1. The van der Waals surface area contributed by atoms with Gasteiger partial charge in [0, 0.05) is 6.54 Å². The summed E-state index contributed by atoms with van der Waals surface area (Å²) < 4.78 is 0. The monoisotopic (exact) mass is 305 g/mol. The molecule has 0 fully saturated rings. The maximum absolute atomic E-state index is 3.23. The molecule has 0 spiro atoms. The van der Waals surface area contributed by atoms with E-state index in [2.05, 4.69) is 50.6 Å². The van der Waals surface area contributed by atoms with Crippen molar-refractivity contribution < 1.29 is 16.3 Å². The van der Waals surface area contributed by atoms with Gasteiger partial charge in [0.1, 0.15) is 0 Å². The molecule has 1 aromatic rings. The minimum absolute atomic E-state index is 1.02. The van der Waals surface area contributed by atoms with E-state index in [-0.39, 0.29) is 0 Å². The molecule has 0 unspecified atom stereocenters. The molecule has 1 rings (SSSR count). The first-order chi connectivity index (χ1) is 6.86. The quantitative estimate of drug-likeness (QED) is 0.610.